The van der Waals surface area contributed by atoms with Crippen molar-refractivity contribution in [1.29, 1.82) is 0 Å². The third-order valence-corrected chi connectivity index (χ3v) is 4.71. The van der Waals surface area contributed by atoms with E-state index in [-0.39, 0.29) is 18.2 Å². The molecule has 2 aromatic carbocycles. The number of hydrogen-bond donors (Lipinski definition) is 0. The molecule has 1 aliphatic rings. The van der Waals surface area contributed by atoms with Gasteiger partial charge in [-0.1, -0.05) is 30.3 Å². The average molecular weight is 318 g/mol. The molecule has 4 nitrogen and oxygen atoms in total. The fourth-order valence-electron chi connectivity index (χ4n) is 3.56. The maximum atomic E-state index is 13.0. The summed E-state index contributed by atoms with van der Waals surface area (Å²) in [6.45, 7) is 1.96. The molecule has 4 rings (SSSR count). The molecule has 0 bridgehead atoms. The van der Waals surface area contributed by atoms with Crippen LogP contribution in [0.2, 0.25) is 0 Å². The molecule has 0 unspecified atom stereocenters. The van der Waals surface area contributed by atoms with Crippen molar-refractivity contribution in [2.24, 2.45) is 7.05 Å². The Bertz CT molecular complexity index is 971. The van der Waals surface area contributed by atoms with Crippen molar-refractivity contribution in [2.45, 2.75) is 19.3 Å². The highest BCUT2D eigenvalue weighted by molar-refractivity contribution is 6.23. The Kier molecular flexibility index (Phi) is 3.27. The summed E-state index contributed by atoms with van der Waals surface area (Å²) >= 11 is 0. The number of amides is 2. The summed E-state index contributed by atoms with van der Waals surface area (Å²) < 4.78 is 2.01. The Morgan fingerprint density at radius 1 is 1.04 bits per heavy atom. The van der Waals surface area contributed by atoms with Crippen molar-refractivity contribution >= 4 is 28.4 Å². The molecule has 0 spiro atoms. The average Bonchev–Trinajstić information content (AvgIpc) is 3.05. The van der Waals surface area contributed by atoms with E-state index >= 15 is 0 Å². The highest BCUT2D eigenvalue weighted by Crippen LogP contribution is 2.37. The summed E-state index contributed by atoms with van der Waals surface area (Å²) in [6.07, 6.45) is 2.20. The van der Waals surface area contributed by atoms with Gasteiger partial charge in [0.05, 0.1) is 11.6 Å². The van der Waals surface area contributed by atoms with E-state index in [4.69, 9.17) is 0 Å². The van der Waals surface area contributed by atoms with E-state index in [0.717, 1.165) is 22.0 Å². The number of rotatable bonds is 2. The molecule has 1 atom stereocenters. The maximum Gasteiger partial charge on any atom is 0.241 e. The first-order valence-corrected chi connectivity index (χ1v) is 8.03. The highest BCUT2D eigenvalue weighted by atomic mass is 16.2. The largest absolute Gasteiger partial charge is 0.350 e. The zero-order valence-electron chi connectivity index (χ0n) is 13.7. The lowest BCUT2D eigenvalue weighted by Crippen LogP contribution is -2.30. The Balaban J connectivity index is 1.78. The van der Waals surface area contributed by atoms with Gasteiger partial charge in [-0.25, -0.2) is 4.90 Å². The van der Waals surface area contributed by atoms with Crippen LogP contribution < -0.4 is 4.90 Å². The number of aryl methyl sites for hydroxylation is 2. The van der Waals surface area contributed by atoms with E-state index in [1.807, 2.05) is 73.3 Å². The third kappa shape index (κ3) is 2.14. The van der Waals surface area contributed by atoms with Crippen LogP contribution in [0.3, 0.4) is 0 Å². The van der Waals surface area contributed by atoms with E-state index < -0.39 is 5.92 Å². The molecule has 1 aliphatic heterocycles. The van der Waals surface area contributed by atoms with Crippen LogP contribution in [0.4, 0.5) is 5.69 Å². The molecule has 1 aromatic heterocycles. The van der Waals surface area contributed by atoms with Gasteiger partial charge in [0.1, 0.15) is 0 Å². The van der Waals surface area contributed by atoms with E-state index in [1.54, 1.807) is 0 Å². The first kappa shape index (κ1) is 14.7. The van der Waals surface area contributed by atoms with Gasteiger partial charge in [-0.15, -0.1) is 0 Å². The topological polar surface area (TPSA) is 42.3 Å². The molecule has 1 saturated heterocycles. The molecule has 3 aromatic rings. The summed E-state index contributed by atoms with van der Waals surface area (Å²) in [4.78, 5) is 26.8. The summed E-state index contributed by atoms with van der Waals surface area (Å²) in [5.74, 6) is -0.686. The maximum absolute atomic E-state index is 13.0. The van der Waals surface area contributed by atoms with Crippen molar-refractivity contribution in [3.63, 3.8) is 0 Å². The van der Waals surface area contributed by atoms with Crippen LogP contribution in [0, 0.1) is 6.92 Å². The highest BCUT2D eigenvalue weighted by Gasteiger charge is 2.41. The lowest BCUT2D eigenvalue weighted by molar-refractivity contribution is -0.121. The number of carbonyl (C=O) groups is 2. The molecule has 2 heterocycles. The third-order valence-electron chi connectivity index (χ3n) is 4.71. The molecule has 0 saturated carbocycles. The first-order valence-electron chi connectivity index (χ1n) is 8.03. The van der Waals surface area contributed by atoms with E-state index in [9.17, 15) is 9.59 Å². The number of benzene rings is 2. The van der Waals surface area contributed by atoms with Crippen molar-refractivity contribution in [1.82, 2.24) is 4.57 Å². The number of carbonyl (C=O) groups excluding carboxylic acids is 2. The van der Waals surface area contributed by atoms with Crippen LogP contribution in [0.15, 0.2) is 54.7 Å². The molecule has 0 radical (unpaired) electrons. The van der Waals surface area contributed by atoms with E-state index in [2.05, 4.69) is 0 Å². The second-order valence-corrected chi connectivity index (χ2v) is 6.38. The smallest absolute Gasteiger partial charge is 0.241 e. The summed E-state index contributed by atoms with van der Waals surface area (Å²) in [6, 6.07) is 15.5. The SMILES string of the molecule is Cc1cccc(N2C(=O)C[C@H](c3cn(C)c4ccccc34)C2=O)c1. The molecule has 2 amide bonds. The van der Waals surface area contributed by atoms with Gasteiger partial charge in [0.25, 0.3) is 0 Å². The van der Waals surface area contributed by atoms with Crippen molar-refractivity contribution in [3.8, 4) is 0 Å². The summed E-state index contributed by atoms with van der Waals surface area (Å²) in [5, 5.41) is 1.04. The fourth-order valence-corrected chi connectivity index (χ4v) is 3.56. The predicted molar refractivity (Wildman–Crippen MR) is 93.9 cm³/mol. The number of nitrogens with zero attached hydrogens (tertiary/aromatic N) is 2. The van der Waals surface area contributed by atoms with Crippen LogP contribution >= 0.6 is 0 Å². The molecule has 120 valence electrons. The molecular formula is C20H18N2O2. The van der Waals surface area contributed by atoms with Crippen LogP contribution in [0.25, 0.3) is 10.9 Å². The molecular weight excluding hydrogens is 300 g/mol. The Hall–Kier alpha value is -2.88. The summed E-state index contributed by atoms with van der Waals surface area (Å²) in [5.41, 5.74) is 3.69. The molecule has 0 aliphatic carbocycles. The quantitative estimate of drug-likeness (QED) is 0.678. The van der Waals surface area contributed by atoms with Crippen LogP contribution in [-0.4, -0.2) is 16.4 Å². The lowest BCUT2D eigenvalue weighted by Gasteiger charge is -2.15. The van der Waals surface area contributed by atoms with Gasteiger partial charge < -0.3 is 4.57 Å². The van der Waals surface area contributed by atoms with Gasteiger partial charge in [-0.05, 0) is 36.2 Å². The minimum Gasteiger partial charge on any atom is -0.350 e. The number of aromatic nitrogens is 1. The number of imide groups is 1. The minimum absolute atomic E-state index is 0.136. The van der Waals surface area contributed by atoms with Crippen molar-refractivity contribution in [3.05, 3.63) is 65.9 Å². The van der Waals surface area contributed by atoms with Crippen molar-refractivity contribution < 1.29 is 9.59 Å². The van der Waals surface area contributed by atoms with E-state index in [0.29, 0.717) is 5.69 Å². The van der Waals surface area contributed by atoms with Gasteiger partial charge >= 0.3 is 0 Å². The standard InChI is InChI=1S/C20H18N2O2/c1-13-6-5-7-14(10-13)22-19(23)11-16(20(22)24)17-12-21(2)18-9-4-3-8-15(17)18/h3-10,12,16H,11H2,1-2H3/t16-/m1/s1. The van der Waals surface area contributed by atoms with Gasteiger partial charge in [-0.3, -0.25) is 9.59 Å². The number of fused-ring (bicyclic) bond motifs is 1. The first-order chi connectivity index (χ1) is 11.6. The fraction of sp³-hybridized carbons (Fsp3) is 0.200. The monoisotopic (exact) mass is 318 g/mol. The Labute approximate surface area is 140 Å². The zero-order valence-corrected chi connectivity index (χ0v) is 13.7. The van der Waals surface area contributed by atoms with Gasteiger partial charge in [0, 0.05) is 30.6 Å². The second kappa shape index (κ2) is 5.34. The normalized spacial score (nSPS) is 17.9. The molecule has 24 heavy (non-hydrogen) atoms. The van der Waals surface area contributed by atoms with Crippen LogP contribution in [-0.2, 0) is 16.6 Å². The molecule has 1 fully saturated rings. The van der Waals surface area contributed by atoms with Crippen LogP contribution in [0.1, 0.15) is 23.5 Å². The molecule has 4 heteroatoms. The van der Waals surface area contributed by atoms with Crippen molar-refractivity contribution in [2.75, 3.05) is 4.90 Å². The number of anilines is 1. The Morgan fingerprint density at radius 2 is 1.83 bits per heavy atom. The Morgan fingerprint density at radius 3 is 2.62 bits per heavy atom. The predicted octanol–water partition coefficient (Wildman–Crippen LogP) is 3.53. The number of hydrogen-bond acceptors (Lipinski definition) is 2. The lowest BCUT2D eigenvalue weighted by atomic mass is 9.97. The molecule has 0 N–H and O–H groups in total. The number of para-hydroxylation sites is 1. The summed E-state index contributed by atoms with van der Waals surface area (Å²) in [7, 11) is 1.96. The van der Waals surface area contributed by atoms with Gasteiger partial charge in [-0.2, -0.15) is 0 Å². The van der Waals surface area contributed by atoms with E-state index in [1.165, 1.54) is 4.90 Å². The second-order valence-electron chi connectivity index (χ2n) is 6.38. The zero-order chi connectivity index (χ0) is 16.8. The van der Waals surface area contributed by atoms with Crippen LogP contribution in [0.5, 0.6) is 0 Å². The minimum atomic E-state index is -0.413. The van der Waals surface area contributed by atoms with Gasteiger partial charge in [0.2, 0.25) is 11.8 Å². The van der Waals surface area contributed by atoms with Gasteiger partial charge in [0.15, 0.2) is 0 Å².